The Morgan fingerprint density at radius 3 is 2.83 bits per heavy atom. The van der Waals surface area contributed by atoms with E-state index in [0.29, 0.717) is 5.92 Å². The third-order valence-corrected chi connectivity index (χ3v) is 5.99. The zero-order valence-corrected chi connectivity index (χ0v) is 13.9. The number of esters is 1. The summed E-state index contributed by atoms with van der Waals surface area (Å²) in [4.78, 5) is 24.2. The van der Waals surface area contributed by atoms with Crippen LogP contribution in [0.4, 0.5) is 14.5 Å². The summed E-state index contributed by atoms with van der Waals surface area (Å²) in [5.74, 6) is -1.98. The van der Waals surface area contributed by atoms with Gasteiger partial charge in [0.15, 0.2) is 6.61 Å². The maximum Gasteiger partial charge on any atom is 0.313 e. The summed E-state index contributed by atoms with van der Waals surface area (Å²) in [6.45, 7) is -0.513. The van der Waals surface area contributed by atoms with Gasteiger partial charge in [0, 0.05) is 10.9 Å². The lowest BCUT2D eigenvalue weighted by Gasteiger charge is -2.28. The first kappa shape index (κ1) is 16.4. The minimum Gasteiger partial charge on any atom is -0.455 e. The molecule has 2 aliphatic carbocycles. The maximum absolute atomic E-state index is 13.5. The molecular weight excluding hydrogens is 372 g/mol. The number of carbonyl (C=O) groups excluding carboxylic acids is 2. The van der Waals surface area contributed by atoms with E-state index in [-0.39, 0.29) is 10.5 Å². The van der Waals surface area contributed by atoms with Crippen molar-refractivity contribution in [3.05, 3.63) is 29.8 Å². The SMILES string of the molecule is O=C(COC(=O)[C@@]12CC[C@@H](C[C@@H]1Br)C2)Nc1cc(F)ccc1F. The molecule has 0 aliphatic heterocycles. The van der Waals surface area contributed by atoms with Crippen molar-refractivity contribution >= 4 is 33.5 Å². The molecule has 1 N–H and O–H groups in total. The Balaban J connectivity index is 1.57. The normalized spacial score (nSPS) is 28.7. The molecule has 23 heavy (non-hydrogen) atoms. The van der Waals surface area contributed by atoms with Crippen LogP contribution >= 0.6 is 15.9 Å². The molecule has 2 bridgehead atoms. The molecule has 0 unspecified atom stereocenters. The molecule has 0 aromatic heterocycles. The standard InChI is InChI=1S/C16H16BrF2NO3/c17-13-5-9-3-4-16(13,7-9)15(22)23-8-14(21)20-12-6-10(18)1-2-11(12)19/h1-2,6,9,13H,3-5,7-8H2,(H,20,21)/t9-,13-,16+/m0/s1. The number of hydrogen-bond donors (Lipinski definition) is 1. The van der Waals surface area contributed by atoms with Gasteiger partial charge in [0.1, 0.15) is 11.6 Å². The molecule has 2 aliphatic rings. The summed E-state index contributed by atoms with van der Waals surface area (Å²) in [5, 5.41) is 2.21. The van der Waals surface area contributed by atoms with Gasteiger partial charge in [0.2, 0.25) is 0 Å². The predicted molar refractivity (Wildman–Crippen MR) is 83.1 cm³/mol. The Morgan fingerprint density at radius 1 is 1.39 bits per heavy atom. The van der Waals surface area contributed by atoms with Crippen molar-refractivity contribution in [2.24, 2.45) is 11.3 Å². The first-order valence-electron chi connectivity index (χ1n) is 7.47. The second kappa shape index (κ2) is 6.19. The lowest BCUT2D eigenvalue weighted by molar-refractivity contribution is -0.157. The van der Waals surface area contributed by atoms with Crippen LogP contribution in [-0.2, 0) is 14.3 Å². The third-order valence-electron chi connectivity index (χ3n) is 4.73. The molecule has 3 atom stereocenters. The minimum absolute atomic E-state index is 0.0741. The van der Waals surface area contributed by atoms with E-state index in [9.17, 15) is 18.4 Å². The van der Waals surface area contributed by atoms with Crippen LogP contribution in [0.25, 0.3) is 0 Å². The van der Waals surface area contributed by atoms with Crippen LogP contribution in [0.3, 0.4) is 0 Å². The van der Waals surface area contributed by atoms with Crippen molar-refractivity contribution in [1.82, 2.24) is 0 Å². The lowest BCUT2D eigenvalue weighted by Crippen LogP contribution is -2.37. The van der Waals surface area contributed by atoms with E-state index in [4.69, 9.17) is 4.74 Å². The number of alkyl halides is 1. The van der Waals surface area contributed by atoms with Crippen LogP contribution in [0.1, 0.15) is 25.7 Å². The van der Waals surface area contributed by atoms with Crippen molar-refractivity contribution in [1.29, 1.82) is 0 Å². The van der Waals surface area contributed by atoms with E-state index in [0.717, 1.165) is 43.9 Å². The van der Waals surface area contributed by atoms with Crippen LogP contribution in [-0.4, -0.2) is 23.3 Å². The second-order valence-corrected chi connectivity index (χ2v) is 7.32. The van der Waals surface area contributed by atoms with Gasteiger partial charge in [0.05, 0.1) is 11.1 Å². The second-order valence-electron chi connectivity index (χ2n) is 6.22. The summed E-state index contributed by atoms with van der Waals surface area (Å²) in [5.41, 5.74) is -0.820. The van der Waals surface area contributed by atoms with Gasteiger partial charge in [-0.15, -0.1) is 0 Å². The van der Waals surface area contributed by atoms with E-state index < -0.39 is 35.5 Å². The number of ether oxygens (including phenoxy) is 1. The van der Waals surface area contributed by atoms with Gasteiger partial charge in [-0.05, 0) is 43.7 Å². The van der Waals surface area contributed by atoms with E-state index in [1.807, 2.05) is 0 Å². The zero-order valence-electron chi connectivity index (χ0n) is 12.3. The first-order valence-corrected chi connectivity index (χ1v) is 8.38. The minimum atomic E-state index is -0.750. The topological polar surface area (TPSA) is 55.4 Å². The highest BCUT2D eigenvalue weighted by Crippen LogP contribution is 2.57. The lowest BCUT2D eigenvalue weighted by atomic mass is 9.84. The zero-order chi connectivity index (χ0) is 16.6. The Hall–Kier alpha value is -1.50. The van der Waals surface area contributed by atoms with Crippen LogP contribution in [0.5, 0.6) is 0 Å². The molecule has 1 amide bonds. The van der Waals surface area contributed by atoms with Crippen LogP contribution in [0, 0.1) is 23.0 Å². The molecule has 0 saturated heterocycles. The van der Waals surface area contributed by atoms with Gasteiger partial charge < -0.3 is 10.1 Å². The summed E-state index contributed by atoms with van der Waals surface area (Å²) in [6.07, 6.45) is 3.47. The Kier molecular flexibility index (Phi) is 4.40. The number of amides is 1. The molecule has 0 heterocycles. The number of nitrogens with one attached hydrogen (secondary N) is 1. The van der Waals surface area contributed by atoms with Crippen molar-refractivity contribution < 1.29 is 23.1 Å². The summed E-state index contributed by atoms with van der Waals surface area (Å²) in [6, 6.07) is 2.75. The molecule has 3 rings (SSSR count). The predicted octanol–water partition coefficient (Wildman–Crippen LogP) is 3.40. The Morgan fingerprint density at radius 2 is 2.17 bits per heavy atom. The fourth-order valence-electron chi connectivity index (χ4n) is 3.55. The summed E-state index contributed by atoms with van der Waals surface area (Å²) in [7, 11) is 0. The van der Waals surface area contributed by atoms with Crippen molar-refractivity contribution in [3.63, 3.8) is 0 Å². The molecule has 0 spiro atoms. The number of rotatable bonds is 4. The van der Waals surface area contributed by atoms with Gasteiger partial charge >= 0.3 is 5.97 Å². The maximum atomic E-state index is 13.5. The smallest absolute Gasteiger partial charge is 0.313 e. The monoisotopic (exact) mass is 387 g/mol. The highest BCUT2D eigenvalue weighted by molar-refractivity contribution is 9.09. The fraction of sp³-hybridized carbons (Fsp3) is 0.500. The van der Waals surface area contributed by atoms with Crippen LogP contribution < -0.4 is 5.32 Å². The molecule has 2 fully saturated rings. The van der Waals surface area contributed by atoms with Crippen LogP contribution in [0.2, 0.25) is 0 Å². The van der Waals surface area contributed by atoms with E-state index in [1.165, 1.54) is 0 Å². The number of fused-ring (bicyclic) bond motifs is 2. The van der Waals surface area contributed by atoms with Gasteiger partial charge in [-0.2, -0.15) is 0 Å². The Labute approximate surface area is 140 Å². The molecule has 124 valence electrons. The molecule has 7 heteroatoms. The quantitative estimate of drug-likeness (QED) is 0.636. The third kappa shape index (κ3) is 3.11. The van der Waals surface area contributed by atoms with Gasteiger partial charge in [-0.3, -0.25) is 9.59 Å². The van der Waals surface area contributed by atoms with Crippen LogP contribution in [0.15, 0.2) is 18.2 Å². The molecule has 0 radical (unpaired) electrons. The number of anilines is 1. The van der Waals surface area contributed by atoms with E-state index in [1.54, 1.807) is 0 Å². The largest absolute Gasteiger partial charge is 0.455 e. The number of hydrogen-bond acceptors (Lipinski definition) is 3. The van der Waals surface area contributed by atoms with Crippen molar-refractivity contribution in [2.45, 2.75) is 30.5 Å². The summed E-state index contributed by atoms with van der Waals surface area (Å²) < 4.78 is 31.6. The van der Waals surface area contributed by atoms with Gasteiger partial charge in [-0.25, -0.2) is 8.78 Å². The first-order chi connectivity index (χ1) is 10.9. The molecular formula is C16H16BrF2NO3. The number of benzene rings is 1. The molecule has 4 nitrogen and oxygen atoms in total. The number of halogens is 3. The van der Waals surface area contributed by atoms with E-state index >= 15 is 0 Å². The molecule has 2 saturated carbocycles. The highest BCUT2D eigenvalue weighted by atomic mass is 79.9. The van der Waals surface area contributed by atoms with Gasteiger partial charge in [-0.1, -0.05) is 15.9 Å². The molecule has 1 aromatic rings. The van der Waals surface area contributed by atoms with Gasteiger partial charge in [0.25, 0.3) is 5.91 Å². The molecule has 1 aromatic carbocycles. The Bertz CT molecular complexity index is 654. The van der Waals surface area contributed by atoms with E-state index in [2.05, 4.69) is 21.2 Å². The summed E-state index contributed by atoms with van der Waals surface area (Å²) >= 11 is 3.54. The average molecular weight is 388 g/mol. The highest BCUT2D eigenvalue weighted by Gasteiger charge is 2.56. The van der Waals surface area contributed by atoms with Crippen molar-refractivity contribution in [3.8, 4) is 0 Å². The fourth-order valence-corrected chi connectivity index (χ4v) is 4.68. The average Bonchev–Trinajstić information content (AvgIpc) is 3.07. The number of carbonyl (C=O) groups is 2. The van der Waals surface area contributed by atoms with Crippen molar-refractivity contribution in [2.75, 3.05) is 11.9 Å².